The fourth-order valence-corrected chi connectivity index (χ4v) is 1.54. The summed E-state index contributed by atoms with van der Waals surface area (Å²) in [6.45, 7) is 1.84. The topological polar surface area (TPSA) is 55.5 Å². The van der Waals surface area contributed by atoms with E-state index in [0.29, 0.717) is 0 Å². The van der Waals surface area contributed by atoms with Gasteiger partial charge in [-0.15, -0.1) is 0 Å². The molecule has 0 N–H and O–H groups in total. The van der Waals surface area contributed by atoms with Crippen molar-refractivity contribution in [3.8, 4) is 0 Å². The zero-order chi connectivity index (χ0) is 10.8. The Bertz CT molecular complexity index is 475. The molecular formula is C11H10N2O2. The van der Waals surface area contributed by atoms with E-state index in [0.717, 1.165) is 22.4 Å². The first-order valence-corrected chi connectivity index (χ1v) is 4.64. The predicted octanol–water partition coefficient (Wildman–Crippen LogP) is 2.37. The number of benzene rings is 1. The van der Waals surface area contributed by atoms with Crippen molar-refractivity contribution in [1.29, 1.82) is 0 Å². The van der Waals surface area contributed by atoms with Gasteiger partial charge in [0.1, 0.15) is 0 Å². The van der Waals surface area contributed by atoms with Crippen molar-refractivity contribution in [1.82, 2.24) is 0 Å². The molecule has 0 aliphatic carbocycles. The smallest absolute Gasteiger partial charge is 0.223 e. The molecule has 15 heavy (non-hydrogen) atoms. The normalized spacial score (nSPS) is 15.7. The molecule has 2 rings (SSSR count). The Labute approximate surface area is 87.1 Å². The number of fused-ring (bicyclic) bond motifs is 1. The third kappa shape index (κ3) is 1.93. The average Bonchev–Trinajstić information content (AvgIpc) is 2.57. The molecule has 0 fully saturated rings. The third-order valence-corrected chi connectivity index (χ3v) is 2.27. The molecule has 0 bridgehead atoms. The molecule has 1 aliphatic rings. The summed E-state index contributed by atoms with van der Waals surface area (Å²) in [6.07, 6.45) is 3.26. The summed E-state index contributed by atoms with van der Waals surface area (Å²) in [5.74, 6) is 0. The Kier molecular flexibility index (Phi) is 2.33. The van der Waals surface area contributed by atoms with Crippen molar-refractivity contribution in [2.75, 3.05) is 6.54 Å². The van der Waals surface area contributed by atoms with E-state index in [2.05, 4.69) is 4.99 Å². The maximum atomic E-state index is 10.2. The molecule has 0 aromatic heterocycles. The van der Waals surface area contributed by atoms with Gasteiger partial charge in [0.25, 0.3) is 0 Å². The molecule has 4 nitrogen and oxygen atoms in total. The monoisotopic (exact) mass is 202 g/mol. The molecule has 0 unspecified atom stereocenters. The van der Waals surface area contributed by atoms with Crippen LogP contribution in [0.4, 0.5) is 5.69 Å². The Morgan fingerprint density at radius 3 is 3.07 bits per heavy atom. The van der Waals surface area contributed by atoms with E-state index in [1.165, 1.54) is 0 Å². The van der Waals surface area contributed by atoms with Crippen LogP contribution in [0.15, 0.2) is 29.3 Å². The number of rotatable bonds is 2. The number of nitrogens with zero attached hydrogens (tertiary/aromatic N) is 2. The van der Waals surface area contributed by atoms with Gasteiger partial charge in [-0.2, -0.15) is 0 Å². The lowest BCUT2D eigenvalue weighted by atomic mass is 10.1. The van der Waals surface area contributed by atoms with Crippen LogP contribution in [-0.4, -0.2) is 17.7 Å². The summed E-state index contributed by atoms with van der Waals surface area (Å²) in [5, 5.41) is 10.2. The van der Waals surface area contributed by atoms with Gasteiger partial charge in [-0.25, -0.2) is 0 Å². The van der Waals surface area contributed by atoms with Crippen molar-refractivity contribution < 1.29 is 4.92 Å². The van der Waals surface area contributed by atoms with Gasteiger partial charge < -0.3 is 0 Å². The maximum absolute atomic E-state index is 10.2. The first kappa shape index (κ1) is 9.58. The highest BCUT2D eigenvalue weighted by Crippen LogP contribution is 2.31. The number of allylic oxidation sites excluding steroid dienone is 1. The summed E-state index contributed by atoms with van der Waals surface area (Å²) < 4.78 is 0. The van der Waals surface area contributed by atoms with E-state index in [4.69, 9.17) is 0 Å². The summed E-state index contributed by atoms with van der Waals surface area (Å²) in [4.78, 5) is 14.1. The van der Waals surface area contributed by atoms with Crippen LogP contribution >= 0.6 is 0 Å². The lowest BCUT2D eigenvalue weighted by molar-refractivity contribution is -0.468. The fraction of sp³-hybridized carbons (Fsp3) is 0.182. The van der Waals surface area contributed by atoms with Crippen LogP contribution < -0.4 is 0 Å². The predicted molar refractivity (Wildman–Crippen MR) is 59.2 cm³/mol. The zero-order valence-electron chi connectivity index (χ0n) is 8.30. The molecule has 0 saturated carbocycles. The number of nitro groups is 1. The molecule has 0 saturated heterocycles. The zero-order valence-corrected chi connectivity index (χ0v) is 8.30. The Morgan fingerprint density at radius 2 is 2.33 bits per heavy atom. The van der Waals surface area contributed by atoms with Gasteiger partial charge in [-0.3, -0.25) is 15.1 Å². The van der Waals surface area contributed by atoms with E-state index < -0.39 is 0 Å². The van der Waals surface area contributed by atoms with E-state index >= 15 is 0 Å². The van der Waals surface area contributed by atoms with E-state index in [-0.39, 0.29) is 11.5 Å². The number of aliphatic imine (C=N–C) groups is 1. The molecule has 1 aliphatic heterocycles. The van der Waals surface area contributed by atoms with E-state index in [1.807, 2.05) is 25.1 Å². The quantitative estimate of drug-likeness (QED) is 0.546. The molecule has 4 heteroatoms. The van der Waals surface area contributed by atoms with Crippen LogP contribution in [0.25, 0.3) is 5.57 Å². The van der Waals surface area contributed by atoms with E-state index in [1.54, 1.807) is 12.3 Å². The minimum Gasteiger partial charge on any atom is -0.264 e. The minimum absolute atomic E-state index is 0.158. The second-order valence-electron chi connectivity index (χ2n) is 3.45. The first-order chi connectivity index (χ1) is 7.16. The lowest BCUT2D eigenvalue weighted by Gasteiger charge is -1.99. The molecule has 1 heterocycles. The third-order valence-electron chi connectivity index (χ3n) is 2.27. The molecule has 1 aromatic rings. The lowest BCUT2D eigenvalue weighted by Crippen LogP contribution is -1.97. The maximum Gasteiger partial charge on any atom is 0.223 e. The standard InChI is InChI=1S/C11H10N2O2/c1-8-2-3-10-9(4-5-13(14)15)7-12-11(10)6-8/h2-4,6-7H,5H2,1H3. The van der Waals surface area contributed by atoms with Crippen molar-refractivity contribution in [2.24, 2.45) is 4.99 Å². The van der Waals surface area contributed by atoms with E-state index in [9.17, 15) is 10.1 Å². The minimum atomic E-state index is -0.354. The van der Waals surface area contributed by atoms with Crippen LogP contribution in [0.1, 0.15) is 11.1 Å². The highest BCUT2D eigenvalue weighted by Gasteiger charge is 2.12. The molecule has 0 radical (unpaired) electrons. The van der Waals surface area contributed by atoms with Crippen molar-refractivity contribution >= 4 is 17.5 Å². The summed E-state index contributed by atoms with van der Waals surface area (Å²) >= 11 is 0. The second-order valence-corrected chi connectivity index (χ2v) is 3.45. The van der Waals surface area contributed by atoms with Crippen LogP contribution in [0.2, 0.25) is 0 Å². The Hall–Kier alpha value is -1.97. The van der Waals surface area contributed by atoms with Crippen LogP contribution in [0.5, 0.6) is 0 Å². The van der Waals surface area contributed by atoms with Crippen molar-refractivity contribution in [3.63, 3.8) is 0 Å². The van der Waals surface area contributed by atoms with Gasteiger partial charge in [-0.05, 0) is 24.6 Å². The van der Waals surface area contributed by atoms with Crippen LogP contribution in [0.3, 0.4) is 0 Å². The number of hydrogen-bond acceptors (Lipinski definition) is 3. The largest absolute Gasteiger partial charge is 0.264 e. The summed E-state index contributed by atoms with van der Waals surface area (Å²) in [6, 6.07) is 5.90. The van der Waals surface area contributed by atoms with Gasteiger partial charge in [0.2, 0.25) is 6.54 Å². The molecule has 0 atom stereocenters. The number of hydrogen-bond donors (Lipinski definition) is 0. The SMILES string of the molecule is Cc1ccc2c(c1)N=CC2=CC[N+](=O)[O-]. The first-order valence-electron chi connectivity index (χ1n) is 4.64. The highest BCUT2D eigenvalue weighted by atomic mass is 16.6. The second kappa shape index (κ2) is 3.65. The molecule has 0 amide bonds. The summed E-state index contributed by atoms with van der Waals surface area (Å²) in [5.41, 5.74) is 3.84. The van der Waals surface area contributed by atoms with Crippen LogP contribution in [0, 0.1) is 17.0 Å². The van der Waals surface area contributed by atoms with Crippen LogP contribution in [-0.2, 0) is 0 Å². The summed E-state index contributed by atoms with van der Waals surface area (Å²) in [7, 11) is 0. The van der Waals surface area contributed by atoms with Gasteiger partial charge in [0.15, 0.2) is 0 Å². The highest BCUT2D eigenvalue weighted by molar-refractivity contribution is 6.16. The molecule has 1 aromatic carbocycles. The molecular weight excluding hydrogens is 192 g/mol. The fourth-order valence-electron chi connectivity index (χ4n) is 1.54. The van der Waals surface area contributed by atoms with Gasteiger partial charge in [-0.1, -0.05) is 12.1 Å². The molecule has 0 spiro atoms. The van der Waals surface area contributed by atoms with Crippen molar-refractivity contribution in [2.45, 2.75) is 6.92 Å². The van der Waals surface area contributed by atoms with Gasteiger partial charge >= 0.3 is 0 Å². The van der Waals surface area contributed by atoms with Crippen molar-refractivity contribution in [3.05, 3.63) is 45.5 Å². The Balaban J connectivity index is 2.33. The Morgan fingerprint density at radius 1 is 1.53 bits per heavy atom. The number of aryl methyl sites for hydroxylation is 1. The average molecular weight is 202 g/mol. The molecule has 76 valence electrons. The van der Waals surface area contributed by atoms with Gasteiger partial charge in [0.05, 0.1) is 5.69 Å². The van der Waals surface area contributed by atoms with Gasteiger partial charge in [0, 0.05) is 22.3 Å².